The first kappa shape index (κ1) is 14.4. The van der Waals surface area contributed by atoms with E-state index in [4.69, 9.17) is 14.3 Å². The summed E-state index contributed by atoms with van der Waals surface area (Å²) in [5, 5.41) is 12.0. The lowest BCUT2D eigenvalue weighted by molar-refractivity contribution is 0.196. The van der Waals surface area contributed by atoms with E-state index in [9.17, 15) is 0 Å². The molecule has 0 aliphatic carbocycles. The highest BCUT2D eigenvalue weighted by Crippen LogP contribution is 2.14. The van der Waals surface area contributed by atoms with Crippen LogP contribution in [0.2, 0.25) is 0 Å². The Bertz CT molecular complexity index is 482. The van der Waals surface area contributed by atoms with Crippen molar-refractivity contribution < 1.29 is 14.3 Å². The molecule has 5 heteroatoms. The van der Waals surface area contributed by atoms with Crippen molar-refractivity contribution >= 4 is 5.69 Å². The lowest BCUT2D eigenvalue weighted by Gasteiger charge is -2.14. The second kappa shape index (κ2) is 7.55. The molecule has 2 heterocycles. The van der Waals surface area contributed by atoms with Gasteiger partial charge in [0.1, 0.15) is 12.4 Å². The molecule has 1 atom stereocenters. The third-order valence-electron chi connectivity index (χ3n) is 2.89. The molecule has 108 valence electrons. The molecule has 5 nitrogen and oxygen atoms in total. The Balaban J connectivity index is 1.77. The van der Waals surface area contributed by atoms with Crippen LogP contribution >= 0.6 is 0 Å². The van der Waals surface area contributed by atoms with Gasteiger partial charge < -0.3 is 19.6 Å². The fraction of sp³-hybridized carbons (Fsp3) is 0.400. The van der Waals surface area contributed by atoms with Crippen LogP contribution in [-0.2, 0) is 6.42 Å². The smallest absolute Gasteiger partial charge is 0.213 e. The largest absolute Gasteiger partial charge is 0.475 e. The maximum Gasteiger partial charge on any atom is 0.213 e. The van der Waals surface area contributed by atoms with Crippen molar-refractivity contribution in [3.05, 3.63) is 42.5 Å². The molecule has 2 aromatic heterocycles. The lowest BCUT2D eigenvalue weighted by atomic mass is 10.1. The average Bonchev–Trinajstić information content (AvgIpc) is 2.98. The van der Waals surface area contributed by atoms with Gasteiger partial charge in [0.25, 0.3) is 0 Å². The number of aliphatic hydroxyl groups excluding tert-OH is 1. The van der Waals surface area contributed by atoms with E-state index in [0.29, 0.717) is 11.9 Å². The van der Waals surface area contributed by atoms with E-state index in [1.165, 1.54) is 0 Å². The van der Waals surface area contributed by atoms with E-state index in [2.05, 4.69) is 17.2 Å². The number of rotatable bonds is 8. The van der Waals surface area contributed by atoms with Gasteiger partial charge >= 0.3 is 0 Å². The number of aromatic nitrogens is 1. The van der Waals surface area contributed by atoms with Crippen molar-refractivity contribution in [1.82, 2.24) is 4.98 Å². The minimum absolute atomic E-state index is 0.00844. The minimum Gasteiger partial charge on any atom is -0.475 e. The van der Waals surface area contributed by atoms with Gasteiger partial charge in [0, 0.05) is 18.5 Å². The first-order chi connectivity index (χ1) is 9.78. The first-order valence-corrected chi connectivity index (χ1v) is 6.76. The van der Waals surface area contributed by atoms with Crippen LogP contribution in [0.3, 0.4) is 0 Å². The second-order valence-corrected chi connectivity index (χ2v) is 4.62. The number of hydrogen-bond acceptors (Lipinski definition) is 5. The zero-order chi connectivity index (χ0) is 14.2. The van der Waals surface area contributed by atoms with Crippen molar-refractivity contribution in [2.24, 2.45) is 0 Å². The molecular weight excluding hydrogens is 256 g/mol. The molecule has 2 rings (SSSR count). The number of nitrogens with zero attached hydrogens (tertiary/aromatic N) is 1. The summed E-state index contributed by atoms with van der Waals surface area (Å²) in [6.07, 6.45) is 5.32. The number of ether oxygens (including phenoxy) is 1. The van der Waals surface area contributed by atoms with Crippen molar-refractivity contribution in [2.75, 3.05) is 18.5 Å². The van der Waals surface area contributed by atoms with Crippen LogP contribution in [0.25, 0.3) is 0 Å². The third kappa shape index (κ3) is 4.59. The monoisotopic (exact) mass is 276 g/mol. The Morgan fingerprint density at radius 3 is 2.95 bits per heavy atom. The molecule has 0 spiro atoms. The molecule has 0 amide bonds. The number of anilines is 1. The fourth-order valence-corrected chi connectivity index (χ4v) is 1.87. The zero-order valence-corrected chi connectivity index (χ0v) is 11.6. The number of furan rings is 1. The summed E-state index contributed by atoms with van der Waals surface area (Å²) < 4.78 is 10.5. The third-order valence-corrected chi connectivity index (χ3v) is 2.89. The Morgan fingerprint density at radius 2 is 2.30 bits per heavy atom. The van der Waals surface area contributed by atoms with Gasteiger partial charge in [-0.2, -0.15) is 0 Å². The summed E-state index contributed by atoms with van der Waals surface area (Å²) in [5.74, 6) is 1.53. The molecule has 0 aromatic carbocycles. The number of aryl methyl sites for hydroxylation is 1. The van der Waals surface area contributed by atoms with E-state index in [0.717, 1.165) is 24.3 Å². The molecule has 0 fully saturated rings. The lowest BCUT2D eigenvalue weighted by Crippen LogP contribution is -2.16. The maximum atomic E-state index is 8.67. The standard InChI is InChI=1S/C15H20N2O3/c1-12(4-6-14-3-2-9-19-14)17-13-5-7-15(16-11-13)20-10-8-18/h2-3,5,7,9,11-12,17-18H,4,6,8,10H2,1H3. The van der Waals surface area contributed by atoms with Gasteiger partial charge in [-0.1, -0.05) is 0 Å². The normalized spacial score (nSPS) is 12.1. The van der Waals surface area contributed by atoms with Gasteiger partial charge in [0.2, 0.25) is 5.88 Å². The van der Waals surface area contributed by atoms with Gasteiger partial charge in [-0.25, -0.2) is 4.98 Å². The summed E-state index contributed by atoms with van der Waals surface area (Å²) in [7, 11) is 0. The summed E-state index contributed by atoms with van der Waals surface area (Å²) in [4.78, 5) is 4.16. The van der Waals surface area contributed by atoms with Crippen LogP contribution in [0.4, 0.5) is 5.69 Å². The van der Waals surface area contributed by atoms with Crippen LogP contribution in [0.15, 0.2) is 41.1 Å². The van der Waals surface area contributed by atoms with E-state index in [1.54, 1.807) is 18.5 Å². The Kier molecular flexibility index (Phi) is 5.43. The number of aliphatic hydroxyl groups is 1. The highest BCUT2D eigenvalue weighted by molar-refractivity contribution is 5.42. The number of pyridine rings is 1. The molecule has 0 saturated heterocycles. The van der Waals surface area contributed by atoms with Crippen LogP contribution in [0, 0.1) is 0 Å². The Hall–Kier alpha value is -2.01. The summed E-state index contributed by atoms with van der Waals surface area (Å²) in [6, 6.07) is 7.93. The van der Waals surface area contributed by atoms with Gasteiger partial charge in [0.15, 0.2) is 0 Å². The van der Waals surface area contributed by atoms with Crippen LogP contribution in [-0.4, -0.2) is 29.3 Å². The Labute approximate surface area is 118 Å². The number of hydrogen-bond donors (Lipinski definition) is 2. The van der Waals surface area contributed by atoms with Crippen LogP contribution < -0.4 is 10.1 Å². The SMILES string of the molecule is CC(CCc1ccco1)Nc1ccc(OCCO)nc1. The summed E-state index contributed by atoms with van der Waals surface area (Å²) in [6.45, 7) is 2.38. The van der Waals surface area contributed by atoms with E-state index >= 15 is 0 Å². The first-order valence-electron chi connectivity index (χ1n) is 6.76. The van der Waals surface area contributed by atoms with Gasteiger partial charge in [-0.3, -0.25) is 0 Å². The molecule has 1 unspecified atom stereocenters. The van der Waals surface area contributed by atoms with Gasteiger partial charge in [-0.15, -0.1) is 0 Å². The van der Waals surface area contributed by atoms with Gasteiger partial charge in [0.05, 0.1) is 24.8 Å². The predicted molar refractivity (Wildman–Crippen MR) is 76.9 cm³/mol. The van der Waals surface area contributed by atoms with Crippen LogP contribution in [0.1, 0.15) is 19.1 Å². The van der Waals surface area contributed by atoms with Crippen LogP contribution in [0.5, 0.6) is 5.88 Å². The summed E-state index contributed by atoms with van der Waals surface area (Å²) >= 11 is 0. The maximum absolute atomic E-state index is 8.67. The van der Waals surface area contributed by atoms with Crippen molar-refractivity contribution in [2.45, 2.75) is 25.8 Å². The second-order valence-electron chi connectivity index (χ2n) is 4.62. The molecule has 2 N–H and O–H groups in total. The zero-order valence-electron chi connectivity index (χ0n) is 11.6. The Morgan fingerprint density at radius 1 is 1.40 bits per heavy atom. The molecule has 2 aromatic rings. The molecule has 20 heavy (non-hydrogen) atoms. The van der Waals surface area contributed by atoms with Crippen molar-refractivity contribution in [3.63, 3.8) is 0 Å². The highest BCUT2D eigenvalue weighted by atomic mass is 16.5. The quantitative estimate of drug-likeness (QED) is 0.775. The van der Waals surface area contributed by atoms with E-state index < -0.39 is 0 Å². The summed E-state index contributed by atoms with van der Waals surface area (Å²) in [5.41, 5.74) is 0.952. The van der Waals surface area contributed by atoms with E-state index in [-0.39, 0.29) is 13.2 Å². The van der Waals surface area contributed by atoms with Crippen molar-refractivity contribution in [3.8, 4) is 5.88 Å². The number of nitrogens with one attached hydrogen (secondary N) is 1. The highest BCUT2D eigenvalue weighted by Gasteiger charge is 2.05. The van der Waals surface area contributed by atoms with E-state index in [1.807, 2.05) is 18.2 Å². The fourth-order valence-electron chi connectivity index (χ4n) is 1.87. The van der Waals surface area contributed by atoms with Gasteiger partial charge in [-0.05, 0) is 31.5 Å². The van der Waals surface area contributed by atoms with Crippen molar-refractivity contribution in [1.29, 1.82) is 0 Å². The average molecular weight is 276 g/mol. The topological polar surface area (TPSA) is 67.5 Å². The predicted octanol–water partition coefficient (Wildman–Crippen LogP) is 2.48. The molecule has 0 bridgehead atoms. The molecule has 0 radical (unpaired) electrons. The minimum atomic E-state index is -0.00844. The molecule has 0 saturated carbocycles. The molecular formula is C15H20N2O3. The molecule has 0 aliphatic rings. The molecule has 0 aliphatic heterocycles.